The van der Waals surface area contributed by atoms with Crippen LogP contribution in [0.25, 0.3) is 6.08 Å². The van der Waals surface area contributed by atoms with E-state index in [2.05, 4.69) is 5.32 Å². The molecule has 0 bridgehead atoms. The molecule has 0 spiro atoms. The second-order valence-corrected chi connectivity index (χ2v) is 10.4. The number of aromatic hydroxyl groups is 2. The number of urea groups is 1. The lowest BCUT2D eigenvalue weighted by molar-refractivity contribution is -0.118. The summed E-state index contributed by atoms with van der Waals surface area (Å²) in [5, 5.41) is 21.9. The third kappa shape index (κ3) is 5.70. The highest BCUT2D eigenvalue weighted by Gasteiger charge is 2.34. The molecule has 180 valence electrons. The van der Waals surface area contributed by atoms with Crippen LogP contribution in [-0.2, 0) is 14.6 Å². The Morgan fingerprint density at radius 1 is 0.943 bits per heavy atom. The summed E-state index contributed by atoms with van der Waals surface area (Å²) < 4.78 is 23.5. The van der Waals surface area contributed by atoms with Crippen molar-refractivity contribution in [3.63, 3.8) is 0 Å². The van der Waals surface area contributed by atoms with Crippen LogP contribution in [0.4, 0.5) is 10.5 Å². The standard InChI is InChI=1S/C26H24N2O6S/c1-35(33,34)23-12-2-17(3-13-23)14-19-15-28(26(32)27-20-6-10-22(30)11-7-20)16-24(25(19)31)18-4-8-21(29)9-5-18/h2-14,24,29-30H,15-16H2,1H3,(H,27,32). The summed E-state index contributed by atoms with van der Waals surface area (Å²) in [5.74, 6) is -0.653. The van der Waals surface area contributed by atoms with E-state index in [-0.39, 0.29) is 35.3 Å². The summed E-state index contributed by atoms with van der Waals surface area (Å²) in [5.41, 5.74) is 2.18. The number of hydrogen-bond acceptors (Lipinski definition) is 6. The number of piperidine rings is 1. The predicted molar refractivity (Wildman–Crippen MR) is 132 cm³/mol. The first-order valence-corrected chi connectivity index (χ1v) is 12.7. The Morgan fingerprint density at radius 3 is 2.09 bits per heavy atom. The topological polar surface area (TPSA) is 124 Å². The number of nitrogens with one attached hydrogen (secondary N) is 1. The fourth-order valence-electron chi connectivity index (χ4n) is 3.87. The van der Waals surface area contributed by atoms with Gasteiger partial charge in [0.15, 0.2) is 15.6 Å². The molecule has 1 aliphatic heterocycles. The van der Waals surface area contributed by atoms with Gasteiger partial charge in [-0.15, -0.1) is 0 Å². The third-order valence-corrected chi connectivity index (χ3v) is 6.88. The molecule has 3 aromatic rings. The summed E-state index contributed by atoms with van der Waals surface area (Å²) in [6.07, 6.45) is 2.78. The molecule has 9 heteroatoms. The van der Waals surface area contributed by atoms with Gasteiger partial charge in [-0.3, -0.25) is 4.79 Å². The first-order valence-electron chi connectivity index (χ1n) is 10.8. The molecule has 0 radical (unpaired) electrons. The van der Waals surface area contributed by atoms with Crippen LogP contribution < -0.4 is 5.32 Å². The number of hydrogen-bond donors (Lipinski definition) is 3. The lowest BCUT2D eigenvalue weighted by Gasteiger charge is -2.33. The summed E-state index contributed by atoms with van der Waals surface area (Å²) in [4.78, 5) is 28.1. The number of ketones is 1. The lowest BCUT2D eigenvalue weighted by Crippen LogP contribution is -2.46. The number of sulfone groups is 1. The molecule has 4 rings (SSSR count). The number of benzene rings is 3. The Labute approximate surface area is 203 Å². The number of rotatable bonds is 4. The molecule has 1 unspecified atom stereocenters. The van der Waals surface area contributed by atoms with Crippen LogP contribution in [0, 0.1) is 0 Å². The number of carbonyl (C=O) groups excluding carboxylic acids is 2. The number of phenolic OH excluding ortho intramolecular Hbond substituents is 2. The van der Waals surface area contributed by atoms with Crippen molar-refractivity contribution in [3.8, 4) is 11.5 Å². The average Bonchev–Trinajstić information content (AvgIpc) is 2.82. The maximum atomic E-state index is 13.4. The molecule has 1 atom stereocenters. The van der Waals surface area contributed by atoms with E-state index < -0.39 is 21.8 Å². The Hall–Kier alpha value is -4.11. The molecule has 0 aliphatic carbocycles. The molecule has 1 saturated heterocycles. The van der Waals surface area contributed by atoms with Gasteiger partial charge in [0.05, 0.1) is 17.4 Å². The van der Waals surface area contributed by atoms with Crippen LogP contribution in [0.5, 0.6) is 11.5 Å². The molecule has 8 nitrogen and oxygen atoms in total. The zero-order chi connectivity index (χ0) is 25.2. The van der Waals surface area contributed by atoms with Crippen molar-refractivity contribution in [3.05, 3.63) is 89.5 Å². The largest absolute Gasteiger partial charge is 0.508 e. The SMILES string of the molecule is CS(=O)(=O)c1ccc(C=C2CN(C(=O)Nc3ccc(O)cc3)CC(c3ccc(O)cc3)C2=O)cc1. The zero-order valence-electron chi connectivity index (χ0n) is 18.9. The monoisotopic (exact) mass is 492 g/mol. The van der Waals surface area contributed by atoms with Gasteiger partial charge in [0, 0.05) is 24.1 Å². The van der Waals surface area contributed by atoms with E-state index in [1.807, 2.05) is 0 Å². The molecule has 1 heterocycles. The first kappa shape index (κ1) is 24.0. The highest BCUT2D eigenvalue weighted by Crippen LogP contribution is 2.30. The molecule has 35 heavy (non-hydrogen) atoms. The van der Waals surface area contributed by atoms with Gasteiger partial charge in [-0.1, -0.05) is 24.3 Å². The van der Waals surface area contributed by atoms with Gasteiger partial charge in [0.2, 0.25) is 0 Å². The van der Waals surface area contributed by atoms with Gasteiger partial charge in [0.1, 0.15) is 11.5 Å². The van der Waals surface area contributed by atoms with Crippen LogP contribution in [0.3, 0.4) is 0 Å². The second-order valence-electron chi connectivity index (χ2n) is 8.38. The number of Topliss-reactive ketones (excluding diaryl/α,β-unsaturated/α-hetero) is 1. The Morgan fingerprint density at radius 2 is 1.51 bits per heavy atom. The summed E-state index contributed by atoms with van der Waals surface area (Å²) in [6.45, 7) is 0.197. The Bertz CT molecular complexity index is 1380. The molecular weight excluding hydrogens is 468 g/mol. The van der Waals surface area contributed by atoms with Crippen molar-refractivity contribution in [1.82, 2.24) is 4.90 Å². The van der Waals surface area contributed by atoms with E-state index >= 15 is 0 Å². The summed E-state index contributed by atoms with van der Waals surface area (Å²) in [7, 11) is -3.35. The minimum atomic E-state index is -3.35. The maximum Gasteiger partial charge on any atom is 0.322 e. The van der Waals surface area contributed by atoms with Gasteiger partial charge in [-0.25, -0.2) is 13.2 Å². The van der Waals surface area contributed by atoms with Gasteiger partial charge in [-0.05, 0) is 65.7 Å². The fourth-order valence-corrected chi connectivity index (χ4v) is 4.50. The summed E-state index contributed by atoms with van der Waals surface area (Å²) >= 11 is 0. The smallest absolute Gasteiger partial charge is 0.322 e. The van der Waals surface area contributed by atoms with E-state index in [1.54, 1.807) is 42.5 Å². The van der Waals surface area contributed by atoms with Crippen LogP contribution >= 0.6 is 0 Å². The second kappa shape index (κ2) is 9.63. The Balaban J connectivity index is 1.65. The van der Waals surface area contributed by atoms with Crippen LogP contribution in [0.15, 0.2) is 83.3 Å². The minimum absolute atomic E-state index is 0.0607. The van der Waals surface area contributed by atoms with Crippen molar-refractivity contribution in [2.45, 2.75) is 10.8 Å². The van der Waals surface area contributed by atoms with E-state index in [0.717, 1.165) is 6.26 Å². The van der Waals surface area contributed by atoms with Crippen molar-refractivity contribution in [1.29, 1.82) is 0 Å². The first-order chi connectivity index (χ1) is 16.6. The number of nitrogens with zero attached hydrogens (tertiary/aromatic N) is 1. The van der Waals surface area contributed by atoms with Crippen molar-refractivity contribution >= 4 is 33.4 Å². The number of carbonyl (C=O) groups is 2. The Kier molecular flexibility index (Phi) is 6.61. The third-order valence-electron chi connectivity index (χ3n) is 5.75. The molecule has 1 fully saturated rings. The number of anilines is 1. The van der Waals surface area contributed by atoms with Crippen molar-refractivity contribution < 1.29 is 28.2 Å². The van der Waals surface area contributed by atoms with Gasteiger partial charge < -0.3 is 20.4 Å². The number of amides is 2. The minimum Gasteiger partial charge on any atom is -0.508 e. The van der Waals surface area contributed by atoms with E-state index in [0.29, 0.717) is 22.4 Å². The highest BCUT2D eigenvalue weighted by molar-refractivity contribution is 7.90. The molecule has 1 aliphatic rings. The molecule has 0 saturated carbocycles. The van der Waals surface area contributed by atoms with Gasteiger partial charge in [0.25, 0.3) is 0 Å². The molecular formula is C26H24N2O6S. The normalized spacial score (nSPS) is 17.4. The number of phenols is 2. The van der Waals surface area contributed by atoms with Crippen LogP contribution in [-0.4, -0.2) is 54.7 Å². The molecule has 2 amide bonds. The van der Waals surface area contributed by atoms with Crippen molar-refractivity contribution in [2.75, 3.05) is 24.7 Å². The van der Waals surface area contributed by atoms with Crippen molar-refractivity contribution in [2.24, 2.45) is 0 Å². The average molecular weight is 493 g/mol. The van der Waals surface area contributed by atoms with E-state index in [4.69, 9.17) is 0 Å². The van der Waals surface area contributed by atoms with Gasteiger partial charge >= 0.3 is 6.03 Å². The van der Waals surface area contributed by atoms with E-state index in [9.17, 15) is 28.2 Å². The molecule has 3 N–H and O–H groups in total. The van der Waals surface area contributed by atoms with Crippen LogP contribution in [0.1, 0.15) is 17.0 Å². The maximum absolute atomic E-state index is 13.4. The summed E-state index contributed by atoms with van der Waals surface area (Å²) in [6, 6.07) is 18.1. The van der Waals surface area contributed by atoms with Gasteiger partial charge in [-0.2, -0.15) is 0 Å². The molecule has 0 aromatic heterocycles. The lowest BCUT2D eigenvalue weighted by atomic mass is 9.86. The number of likely N-dealkylation sites (tertiary alicyclic amines) is 1. The van der Waals surface area contributed by atoms with Crippen LogP contribution in [0.2, 0.25) is 0 Å². The molecule has 3 aromatic carbocycles. The zero-order valence-corrected chi connectivity index (χ0v) is 19.7. The predicted octanol–water partition coefficient (Wildman–Crippen LogP) is 3.79. The fraction of sp³-hybridized carbons (Fsp3) is 0.154. The highest BCUT2D eigenvalue weighted by atomic mass is 32.2. The quantitative estimate of drug-likeness (QED) is 0.376. The van der Waals surface area contributed by atoms with E-state index in [1.165, 1.54) is 41.3 Å².